The van der Waals surface area contributed by atoms with E-state index in [-0.39, 0.29) is 12.4 Å². The number of aliphatic hydroxyl groups is 2. The average molecular weight is 300 g/mol. The molecule has 1 atom stereocenters. The van der Waals surface area contributed by atoms with Crippen LogP contribution in [-0.4, -0.2) is 34.8 Å². The van der Waals surface area contributed by atoms with Gasteiger partial charge in [-0.1, -0.05) is 30.3 Å². The lowest BCUT2D eigenvalue weighted by Crippen LogP contribution is -2.24. The predicted molar refractivity (Wildman–Crippen MR) is 84.4 cm³/mol. The van der Waals surface area contributed by atoms with Gasteiger partial charge in [0.1, 0.15) is 11.4 Å². The van der Waals surface area contributed by atoms with Crippen LogP contribution < -0.4 is 0 Å². The van der Waals surface area contributed by atoms with Crippen molar-refractivity contribution in [3.8, 4) is 0 Å². The van der Waals surface area contributed by atoms with Crippen molar-refractivity contribution in [2.75, 3.05) is 13.2 Å². The minimum atomic E-state index is -1.17. The van der Waals surface area contributed by atoms with Crippen LogP contribution in [0, 0.1) is 0 Å². The van der Waals surface area contributed by atoms with E-state index in [1.54, 1.807) is 42.5 Å². The summed E-state index contributed by atoms with van der Waals surface area (Å²) in [5.41, 5.74) is -0.584. The van der Waals surface area contributed by atoms with Gasteiger partial charge >= 0.3 is 0 Å². The van der Waals surface area contributed by atoms with E-state index in [2.05, 4.69) is 0 Å². The van der Waals surface area contributed by atoms with Gasteiger partial charge < -0.3 is 14.9 Å². The van der Waals surface area contributed by atoms with Crippen LogP contribution in [0.4, 0.5) is 0 Å². The van der Waals surface area contributed by atoms with E-state index < -0.39 is 5.60 Å². The topological polar surface area (TPSA) is 66.8 Å². The molecule has 2 rings (SSSR count). The molecule has 0 radical (unpaired) electrons. The summed E-state index contributed by atoms with van der Waals surface area (Å²) in [5, 5.41) is 19.1. The third-order valence-corrected chi connectivity index (χ3v) is 3.32. The Balaban J connectivity index is 1.92. The second-order valence-corrected chi connectivity index (χ2v) is 5.12. The molecule has 0 amide bonds. The molecule has 1 aromatic carbocycles. The molecule has 0 aromatic heterocycles. The number of carbonyl (C=O) groups excluding carboxylic acids is 1. The first-order valence-corrected chi connectivity index (χ1v) is 7.27. The summed E-state index contributed by atoms with van der Waals surface area (Å²) in [4.78, 5) is 12.0. The first-order valence-electron chi connectivity index (χ1n) is 7.27. The van der Waals surface area contributed by atoms with E-state index in [0.717, 1.165) is 0 Å². The van der Waals surface area contributed by atoms with Gasteiger partial charge in [0.05, 0.1) is 6.61 Å². The molecule has 0 saturated heterocycles. The molecule has 1 aliphatic rings. The zero-order valence-corrected chi connectivity index (χ0v) is 12.3. The molecule has 0 saturated carbocycles. The normalized spacial score (nSPS) is 20.9. The predicted octanol–water partition coefficient (Wildman–Crippen LogP) is 2.40. The smallest absolute Gasteiger partial charge is 0.185 e. The maximum absolute atomic E-state index is 12.0. The Kier molecular flexibility index (Phi) is 5.69. The van der Waals surface area contributed by atoms with Crippen molar-refractivity contribution in [1.82, 2.24) is 0 Å². The van der Waals surface area contributed by atoms with Crippen LogP contribution in [0.15, 0.2) is 66.5 Å². The molecular weight excluding hydrogens is 280 g/mol. The lowest BCUT2D eigenvalue weighted by Gasteiger charge is -2.23. The van der Waals surface area contributed by atoms with Crippen LogP contribution in [0.1, 0.15) is 23.2 Å². The summed E-state index contributed by atoms with van der Waals surface area (Å²) in [6, 6.07) is 8.92. The first kappa shape index (κ1) is 16.2. The highest BCUT2D eigenvalue weighted by Gasteiger charge is 2.22. The summed E-state index contributed by atoms with van der Waals surface area (Å²) in [6.45, 7) is 0.526. The van der Waals surface area contributed by atoms with Crippen molar-refractivity contribution in [2.45, 2.75) is 18.4 Å². The minimum absolute atomic E-state index is 0.0886. The third kappa shape index (κ3) is 4.69. The van der Waals surface area contributed by atoms with Crippen molar-refractivity contribution in [3.63, 3.8) is 0 Å². The van der Waals surface area contributed by atoms with Crippen LogP contribution in [0.5, 0.6) is 0 Å². The first-order chi connectivity index (χ1) is 10.6. The van der Waals surface area contributed by atoms with Crippen molar-refractivity contribution in [1.29, 1.82) is 0 Å². The number of allylic oxidation sites excluding steroid dienone is 2. The van der Waals surface area contributed by atoms with Crippen LogP contribution in [0.25, 0.3) is 0 Å². The number of ketones is 1. The Morgan fingerprint density at radius 3 is 2.73 bits per heavy atom. The van der Waals surface area contributed by atoms with Gasteiger partial charge in [0, 0.05) is 25.0 Å². The van der Waals surface area contributed by atoms with Crippen molar-refractivity contribution < 1.29 is 19.7 Å². The van der Waals surface area contributed by atoms with E-state index in [9.17, 15) is 9.90 Å². The number of benzene rings is 1. The fourth-order valence-electron chi connectivity index (χ4n) is 2.03. The fourth-order valence-corrected chi connectivity index (χ4v) is 2.03. The van der Waals surface area contributed by atoms with Gasteiger partial charge in [-0.2, -0.15) is 0 Å². The quantitative estimate of drug-likeness (QED) is 0.461. The summed E-state index contributed by atoms with van der Waals surface area (Å²) in [6.07, 6.45) is 8.87. The monoisotopic (exact) mass is 300 g/mol. The average Bonchev–Trinajstić information content (AvgIpc) is 2.56. The highest BCUT2D eigenvalue weighted by atomic mass is 16.5. The van der Waals surface area contributed by atoms with Crippen molar-refractivity contribution in [3.05, 3.63) is 72.0 Å². The van der Waals surface area contributed by atoms with Gasteiger partial charge in [-0.3, -0.25) is 4.79 Å². The number of hydrogen-bond donors (Lipinski definition) is 2. The van der Waals surface area contributed by atoms with E-state index in [1.807, 2.05) is 6.07 Å². The molecule has 1 aliphatic carbocycles. The van der Waals surface area contributed by atoms with E-state index in [1.165, 1.54) is 12.2 Å². The largest absolute Gasteiger partial charge is 0.494 e. The number of aliphatic hydroxyl groups excluding tert-OH is 1. The zero-order chi connectivity index (χ0) is 15.8. The SMILES string of the molecule is O=C(C=CC1(O)C=CC(OCCCO)=CC1)c1ccccc1. The molecule has 2 N–H and O–H groups in total. The van der Waals surface area contributed by atoms with E-state index >= 15 is 0 Å². The van der Waals surface area contributed by atoms with Crippen LogP contribution in [0.2, 0.25) is 0 Å². The number of hydrogen-bond acceptors (Lipinski definition) is 4. The van der Waals surface area contributed by atoms with Crippen LogP contribution >= 0.6 is 0 Å². The molecule has 0 aliphatic heterocycles. The van der Waals surface area contributed by atoms with E-state index in [0.29, 0.717) is 30.8 Å². The molecule has 1 unspecified atom stereocenters. The molecule has 0 fully saturated rings. The van der Waals surface area contributed by atoms with E-state index in [4.69, 9.17) is 9.84 Å². The molecular formula is C18H20O4. The highest BCUT2D eigenvalue weighted by Crippen LogP contribution is 2.23. The standard InChI is InChI=1S/C18H20O4/c19-13-4-14-22-16-7-10-18(21,11-8-16)12-9-17(20)15-5-2-1-3-6-15/h1-3,5-10,12,19,21H,4,11,13-14H2. The van der Waals surface area contributed by atoms with Crippen LogP contribution in [0.3, 0.4) is 0 Å². The van der Waals surface area contributed by atoms with Gasteiger partial charge in [0.15, 0.2) is 5.78 Å². The molecule has 4 nitrogen and oxygen atoms in total. The zero-order valence-electron chi connectivity index (χ0n) is 12.3. The lowest BCUT2D eigenvalue weighted by molar-refractivity contribution is 0.103. The van der Waals surface area contributed by atoms with Gasteiger partial charge in [0.2, 0.25) is 0 Å². The Hall–Kier alpha value is -2.17. The molecule has 0 spiro atoms. The summed E-state index contributed by atoms with van der Waals surface area (Å²) >= 11 is 0. The summed E-state index contributed by atoms with van der Waals surface area (Å²) < 4.78 is 5.42. The minimum Gasteiger partial charge on any atom is -0.494 e. The van der Waals surface area contributed by atoms with Gasteiger partial charge in [-0.15, -0.1) is 0 Å². The molecule has 22 heavy (non-hydrogen) atoms. The number of carbonyl (C=O) groups is 1. The van der Waals surface area contributed by atoms with Crippen LogP contribution in [-0.2, 0) is 4.74 Å². The molecule has 0 heterocycles. The van der Waals surface area contributed by atoms with Crippen molar-refractivity contribution >= 4 is 5.78 Å². The van der Waals surface area contributed by atoms with Gasteiger partial charge in [0.25, 0.3) is 0 Å². The fraction of sp³-hybridized carbons (Fsp3) is 0.278. The second-order valence-electron chi connectivity index (χ2n) is 5.12. The molecule has 1 aromatic rings. The summed E-state index contributed by atoms with van der Waals surface area (Å²) in [7, 11) is 0. The Labute approximate surface area is 130 Å². The third-order valence-electron chi connectivity index (χ3n) is 3.32. The molecule has 116 valence electrons. The lowest BCUT2D eigenvalue weighted by atomic mass is 9.93. The van der Waals surface area contributed by atoms with Crippen molar-refractivity contribution in [2.24, 2.45) is 0 Å². The number of ether oxygens (including phenoxy) is 1. The highest BCUT2D eigenvalue weighted by molar-refractivity contribution is 6.04. The molecule has 0 bridgehead atoms. The van der Waals surface area contributed by atoms with Gasteiger partial charge in [-0.05, 0) is 30.4 Å². The maximum atomic E-state index is 12.0. The Morgan fingerprint density at radius 2 is 2.09 bits per heavy atom. The van der Waals surface area contributed by atoms with Gasteiger partial charge in [-0.25, -0.2) is 0 Å². The Morgan fingerprint density at radius 1 is 1.32 bits per heavy atom. The molecule has 4 heteroatoms. The Bertz CT molecular complexity index is 586. The summed E-state index contributed by atoms with van der Waals surface area (Å²) in [5.74, 6) is 0.525. The second kappa shape index (κ2) is 7.73. The number of rotatable bonds is 7. The maximum Gasteiger partial charge on any atom is 0.185 e.